The van der Waals surface area contributed by atoms with E-state index in [4.69, 9.17) is 4.74 Å². The molecule has 0 radical (unpaired) electrons. The fourth-order valence-corrected chi connectivity index (χ4v) is 4.30. The average molecular weight is 433 g/mol. The Bertz CT molecular complexity index is 985. The van der Waals surface area contributed by atoms with E-state index < -0.39 is 10.0 Å². The summed E-state index contributed by atoms with van der Waals surface area (Å²) in [6, 6.07) is 12.8. The number of hydrogen-bond acceptors (Lipinski definition) is 6. The Balaban J connectivity index is 1.58. The highest BCUT2D eigenvalue weighted by atomic mass is 32.2. The molecule has 0 unspecified atom stereocenters. The van der Waals surface area contributed by atoms with Gasteiger partial charge in [0.2, 0.25) is 15.9 Å². The van der Waals surface area contributed by atoms with Gasteiger partial charge in [0.15, 0.2) is 0 Å². The van der Waals surface area contributed by atoms with E-state index in [1.165, 1.54) is 20.2 Å². The average Bonchev–Trinajstić information content (AvgIpc) is 2.74. The number of rotatable bonds is 7. The second-order valence-corrected chi connectivity index (χ2v) is 9.44. The van der Waals surface area contributed by atoms with Crippen LogP contribution in [0.1, 0.15) is 5.56 Å². The number of benzene rings is 2. The summed E-state index contributed by atoms with van der Waals surface area (Å²) in [5.41, 5.74) is 3.03. The topological polar surface area (TPSA) is 91.0 Å². The molecule has 2 aromatic rings. The molecule has 1 aliphatic rings. The minimum atomic E-state index is -3.58. The number of carbonyl (C=O) groups excluding carboxylic acids is 1. The third-order valence-corrected chi connectivity index (χ3v) is 6.88. The van der Waals surface area contributed by atoms with Gasteiger partial charge in [0.05, 0.1) is 24.7 Å². The zero-order chi connectivity index (χ0) is 21.7. The number of ether oxygens (including phenoxy) is 1. The molecule has 0 aliphatic carbocycles. The van der Waals surface area contributed by atoms with Crippen molar-refractivity contribution in [3.8, 4) is 0 Å². The highest BCUT2D eigenvalue weighted by Gasteiger charge is 2.20. The minimum Gasteiger partial charge on any atom is -0.378 e. The van der Waals surface area contributed by atoms with Gasteiger partial charge in [-0.1, -0.05) is 6.07 Å². The Morgan fingerprint density at radius 3 is 2.33 bits per heavy atom. The first kappa shape index (κ1) is 22.1. The lowest BCUT2D eigenvalue weighted by atomic mass is 10.2. The summed E-state index contributed by atoms with van der Waals surface area (Å²) in [5, 5.41) is 5.83. The van der Waals surface area contributed by atoms with Crippen molar-refractivity contribution in [2.45, 2.75) is 11.8 Å². The van der Waals surface area contributed by atoms with E-state index in [1.807, 2.05) is 24.3 Å². The smallest absolute Gasteiger partial charge is 0.243 e. The molecule has 1 amide bonds. The van der Waals surface area contributed by atoms with Gasteiger partial charge in [0.25, 0.3) is 0 Å². The van der Waals surface area contributed by atoms with Gasteiger partial charge in [0, 0.05) is 44.2 Å². The van der Waals surface area contributed by atoms with Gasteiger partial charge >= 0.3 is 0 Å². The number of morpholine rings is 1. The number of sulfonamides is 1. The SMILES string of the molecule is Cc1ccc(NC(=O)CNc2ccc(N3CCOCC3)cc2)cc1S(=O)(=O)N(C)C. The monoisotopic (exact) mass is 432 g/mol. The quantitative estimate of drug-likeness (QED) is 0.697. The van der Waals surface area contributed by atoms with Crippen molar-refractivity contribution in [1.82, 2.24) is 4.31 Å². The third-order valence-electron chi connectivity index (χ3n) is 4.93. The van der Waals surface area contributed by atoms with E-state index in [0.29, 0.717) is 11.3 Å². The normalized spacial score (nSPS) is 14.6. The van der Waals surface area contributed by atoms with Crippen LogP contribution in [0.2, 0.25) is 0 Å². The number of anilines is 3. The molecule has 0 atom stereocenters. The fraction of sp³-hybridized carbons (Fsp3) is 0.381. The molecule has 30 heavy (non-hydrogen) atoms. The predicted octanol–water partition coefficient (Wildman–Crippen LogP) is 2.13. The first-order valence-electron chi connectivity index (χ1n) is 9.77. The Morgan fingerprint density at radius 2 is 1.70 bits per heavy atom. The first-order chi connectivity index (χ1) is 14.3. The van der Waals surface area contributed by atoms with Crippen LogP contribution in [0.4, 0.5) is 17.1 Å². The van der Waals surface area contributed by atoms with Crippen LogP contribution in [0, 0.1) is 6.92 Å². The summed E-state index contributed by atoms with van der Waals surface area (Å²) in [5.74, 6) is -0.260. The Kier molecular flexibility index (Phi) is 6.96. The molecule has 0 spiro atoms. The highest BCUT2D eigenvalue weighted by molar-refractivity contribution is 7.89. The van der Waals surface area contributed by atoms with Gasteiger partial charge in [-0.2, -0.15) is 0 Å². The van der Waals surface area contributed by atoms with Crippen molar-refractivity contribution in [2.24, 2.45) is 0 Å². The van der Waals surface area contributed by atoms with E-state index in [1.54, 1.807) is 19.1 Å². The third kappa shape index (κ3) is 5.29. The summed E-state index contributed by atoms with van der Waals surface area (Å²) in [6.45, 7) is 5.01. The lowest BCUT2D eigenvalue weighted by Crippen LogP contribution is -2.36. The molecule has 0 bridgehead atoms. The Morgan fingerprint density at radius 1 is 1.07 bits per heavy atom. The van der Waals surface area contributed by atoms with Crippen molar-refractivity contribution in [3.63, 3.8) is 0 Å². The van der Waals surface area contributed by atoms with Gasteiger partial charge < -0.3 is 20.3 Å². The molecule has 0 aromatic heterocycles. The van der Waals surface area contributed by atoms with Crippen molar-refractivity contribution < 1.29 is 17.9 Å². The van der Waals surface area contributed by atoms with Crippen LogP contribution >= 0.6 is 0 Å². The lowest BCUT2D eigenvalue weighted by Gasteiger charge is -2.28. The molecule has 9 heteroatoms. The molecule has 0 saturated carbocycles. The summed E-state index contributed by atoms with van der Waals surface area (Å²) in [7, 11) is -0.619. The predicted molar refractivity (Wildman–Crippen MR) is 119 cm³/mol. The summed E-state index contributed by atoms with van der Waals surface area (Å²) >= 11 is 0. The van der Waals surface area contributed by atoms with Gasteiger partial charge in [-0.05, 0) is 48.9 Å². The molecule has 2 aromatic carbocycles. The maximum Gasteiger partial charge on any atom is 0.243 e. The number of nitrogens with one attached hydrogen (secondary N) is 2. The molecule has 1 aliphatic heterocycles. The van der Waals surface area contributed by atoms with Crippen molar-refractivity contribution in [1.29, 1.82) is 0 Å². The minimum absolute atomic E-state index is 0.0700. The van der Waals surface area contributed by atoms with Crippen LogP contribution in [-0.2, 0) is 19.6 Å². The second kappa shape index (κ2) is 9.46. The lowest BCUT2D eigenvalue weighted by molar-refractivity contribution is -0.114. The van der Waals surface area contributed by atoms with Crippen LogP contribution < -0.4 is 15.5 Å². The molecule has 3 rings (SSSR count). The number of aryl methyl sites for hydroxylation is 1. The maximum absolute atomic E-state index is 12.4. The zero-order valence-corrected chi connectivity index (χ0v) is 18.3. The standard InChI is InChI=1S/C21H28N4O4S/c1-16-4-5-18(14-20(16)30(27,28)24(2)3)23-21(26)15-22-17-6-8-19(9-7-17)25-10-12-29-13-11-25/h4-9,14,22H,10-13,15H2,1-3H3,(H,23,26). The summed E-state index contributed by atoms with van der Waals surface area (Å²) in [4.78, 5) is 14.8. The van der Waals surface area contributed by atoms with E-state index in [-0.39, 0.29) is 17.3 Å². The summed E-state index contributed by atoms with van der Waals surface area (Å²) < 4.78 is 31.4. The molecular formula is C21H28N4O4S. The molecule has 1 fully saturated rings. The van der Waals surface area contributed by atoms with Gasteiger partial charge in [-0.3, -0.25) is 4.79 Å². The maximum atomic E-state index is 12.4. The molecule has 8 nitrogen and oxygen atoms in total. The van der Waals surface area contributed by atoms with E-state index in [0.717, 1.165) is 42.0 Å². The number of nitrogens with zero attached hydrogens (tertiary/aromatic N) is 2. The van der Waals surface area contributed by atoms with E-state index >= 15 is 0 Å². The van der Waals surface area contributed by atoms with Gasteiger partial charge in [-0.15, -0.1) is 0 Å². The Labute approximate surface area is 177 Å². The van der Waals surface area contributed by atoms with Gasteiger partial charge in [-0.25, -0.2) is 12.7 Å². The highest BCUT2D eigenvalue weighted by Crippen LogP contribution is 2.23. The number of hydrogen-bond donors (Lipinski definition) is 2. The van der Waals surface area contributed by atoms with Crippen LogP contribution in [0.3, 0.4) is 0 Å². The van der Waals surface area contributed by atoms with E-state index in [2.05, 4.69) is 15.5 Å². The van der Waals surface area contributed by atoms with Crippen molar-refractivity contribution in [3.05, 3.63) is 48.0 Å². The molecule has 1 saturated heterocycles. The molecule has 1 heterocycles. The molecular weight excluding hydrogens is 404 g/mol. The number of amides is 1. The zero-order valence-electron chi connectivity index (χ0n) is 17.5. The molecule has 2 N–H and O–H groups in total. The van der Waals surface area contributed by atoms with Crippen LogP contribution in [-0.4, -0.2) is 65.6 Å². The van der Waals surface area contributed by atoms with Crippen LogP contribution in [0.25, 0.3) is 0 Å². The van der Waals surface area contributed by atoms with Crippen LogP contribution in [0.5, 0.6) is 0 Å². The second-order valence-electron chi connectivity index (χ2n) is 7.32. The first-order valence-corrected chi connectivity index (χ1v) is 11.2. The molecule has 162 valence electrons. The van der Waals surface area contributed by atoms with E-state index in [9.17, 15) is 13.2 Å². The van der Waals surface area contributed by atoms with Crippen molar-refractivity contribution in [2.75, 3.05) is 62.5 Å². The van der Waals surface area contributed by atoms with Crippen molar-refractivity contribution >= 4 is 33.0 Å². The fourth-order valence-electron chi connectivity index (χ4n) is 3.15. The Hall–Kier alpha value is -2.62. The van der Waals surface area contributed by atoms with Gasteiger partial charge in [0.1, 0.15) is 0 Å². The summed E-state index contributed by atoms with van der Waals surface area (Å²) in [6.07, 6.45) is 0. The number of carbonyl (C=O) groups is 1. The van der Waals surface area contributed by atoms with Crippen LogP contribution in [0.15, 0.2) is 47.4 Å². The largest absolute Gasteiger partial charge is 0.378 e.